The molecule has 5 aliphatic heterocycles. The number of likely N-dealkylation sites (N-methyl/N-ethyl adjacent to an activating group) is 1. The number of nitrogens with zero attached hydrogens (tertiary/aromatic N) is 5. The zero-order chi connectivity index (χ0) is 54.4. The molecular weight excluding hydrogens is 1060 g/mol. The maximum absolute atomic E-state index is 14.7. The fourth-order valence-electron chi connectivity index (χ4n) is 13.8. The van der Waals surface area contributed by atoms with Crippen LogP contribution < -0.4 is 16.5 Å². The SMILES string of the molecule is CC[C@H]1OC(=O)[C@H](C)C([C@H]2C[C@@](C)(OC)C[C@H](C)O2)[C@H](C)[C@@H](O[C@H]2C[C@@H](N(C)CCC(C=N[C@H](CF)[C@H](OC)c3ccc(N4CC5[C@H]6C4[C@]56N)cc3)=NN)C[C@@H](C)O2)[C@@](O)(I)C[C@@H](C)CN(C)[C@H](C)[C@@H](O)[C@]1(C)O. The van der Waals surface area contributed by atoms with E-state index in [1.807, 2.05) is 72.7 Å². The topological polar surface area (TPSA) is 220 Å². The lowest BCUT2D eigenvalue weighted by Gasteiger charge is -2.49. The second-order valence-corrected chi connectivity index (χ2v) is 25.8. The zero-order valence-electron chi connectivity index (χ0n) is 46.4. The van der Waals surface area contributed by atoms with E-state index in [-0.39, 0.29) is 36.1 Å². The Bertz CT molecular complexity index is 2110. The first-order chi connectivity index (χ1) is 34.8. The van der Waals surface area contributed by atoms with E-state index >= 15 is 0 Å². The fourth-order valence-corrected chi connectivity index (χ4v) is 15.3. The number of ether oxygens (including phenoxy) is 6. The molecule has 1 aromatic rings. The van der Waals surface area contributed by atoms with Crippen LogP contribution in [0.2, 0.25) is 0 Å². The summed E-state index contributed by atoms with van der Waals surface area (Å²) in [5.41, 5.74) is 6.66. The molecule has 0 spiro atoms. The predicted octanol–water partition coefficient (Wildman–Crippen LogP) is 5.62. The monoisotopic (exact) mass is 1160 g/mol. The molecule has 7 N–H and O–H groups in total. The van der Waals surface area contributed by atoms with Crippen molar-refractivity contribution in [3.8, 4) is 0 Å². The minimum absolute atomic E-state index is 0.00365. The summed E-state index contributed by atoms with van der Waals surface area (Å²) in [5, 5.41) is 40.6. The van der Waals surface area contributed by atoms with Gasteiger partial charge in [0.1, 0.15) is 46.3 Å². The summed E-state index contributed by atoms with van der Waals surface area (Å²) in [5.74, 6) is 4.66. The Labute approximate surface area is 454 Å². The Morgan fingerprint density at radius 3 is 2.30 bits per heavy atom. The molecule has 0 aromatic heterocycles. The fraction of sp³-hybridized carbons (Fsp3) is 0.836. The Balaban J connectivity index is 1.08. The maximum atomic E-state index is 14.7. The van der Waals surface area contributed by atoms with Gasteiger partial charge in [-0.3, -0.25) is 9.79 Å². The Hall–Kier alpha value is -2.15. The molecule has 2 saturated carbocycles. The lowest BCUT2D eigenvalue weighted by atomic mass is 9.71. The van der Waals surface area contributed by atoms with E-state index in [0.29, 0.717) is 75.2 Å². The molecule has 22 atom stereocenters. The van der Waals surface area contributed by atoms with Crippen molar-refractivity contribution >= 4 is 46.2 Å². The Morgan fingerprint density at radius 2 is 1.72 bits per heavy atom. The highest BCUT2D eigenvalue weighted by atomic mass is 127. The van der Waals surface area contributed by atoms with Crippen LogP contribution >= 0.6 is 22.6 Å². The Morgan fingerprint density at radius 1 is 1.04 bits per heavy atom. The summed E-state index contributed by atoms with van der Waals surface area (Å²) >= 11 is 2.13. The number of aliphatic hydroxyl groups is 3. The van der Waals surface area contributed by atoms with Crippen LogP contribution in [0.5, 0.6) is 0 Å². The maximum Gasteiger partial charge on any atom is 0.309 e. The van der Waals surface area contributed by atoms with E-state index in [2.05, 4.69) is 68.5 Å². The van der Waals surface area contributed by atoms with Crippen molar-refractivity contribution in [2.75, 3.05) is 59.5 Å². The molecule has 5 heterocycles. The molecule has 5 saturated heterocycles. The van der Waals surface area contributed by atoms with Gasteiger partial charge in [0.2, 0.25) is 0 Å². The number of aliphatic hydroxyl groups excluding tert-OH is 1. The number of halogens is 2. The average Bonchev–Trinajstić information content (AvgIpc) is 3.97. The lowest BCUT2D eigenvalue weighted by Crippen LogP contribution is -2.59. The van der Waals surface area contributed by atoms with Crippen molar-refractivity contribution in [2.24, 2.45) is 57.2 Å². The number of anilines is 1. The molecule has 0 amide bonds. The Kier molecular flexibility index (Phi) is 19.0. The molecule has 7 aliphatic rings. The summed E-state index contributed by atoms with van der Waals surface area (Å²) in [7, 11) is 7.19. The molecule has 420 valence electrons. The second-order valence-electron chi connectivity index (χ2n) is 24.0. The predicted molar refractivity (Wildman–Crippen MR) is 293 cm³/mol. The van der Waals surface area contributed by atoms with Crippen LogP contribution in [0.4, 0.5) is 10.1 Å². The number of carbonyl (C=O) groups is 1. The first-order valence-electron chi connectivity index (χ1n) is 27.3. The summed E-state index contributed by atoms with van der Waals surface area (Å²) in [4.78, 5) is 25.9. The minimum Gasteiger partial charge on any atom is -0.459 e. The number of methoxy groups -OCH3 is 2. The van der Waals surface area contributed by atoms with Gasteiger partial charge in [-0.15, -0.1) is 0 Å². The summed E-state index contributed by atoms with van der Waals surface area (Å²) in [6.07, 6.45) is -0.483. The number of cyclic esters (lactones) is 1. The number of piperidine rings is 1. The number of alkyl halides is 2. The van der Waals surface area contributed by atoms with Gasteiger partial charge >= 0.3 is 5.97 Å². The molecule has 2 bridgehead atoms. The third-order valence-electron chi connectivity index (χ3n) is 18.4. The normalized spacial score (nSPS) is 44.4. The van der Waals surface area contributed by atoms with E-state index < -0.39 is 94.1 Å². The number of hydrogen-bond donors (Lipinski definition) is 5. The molecule has 74 heavy (non-hydrogen) atoms. The number of esters is 1. The van der Waals surface area contributed by atoms with E-state index in [0.717, 1.165) is 17.8 Å². The molecule has 2 aliphatic carbocycles. The van der Waals surface area contributed by atoms with Crippen LogP contribution in [0.3, 0.4) is 0 Å². The van der Waals surface area contributed by atoms with Gasteiger partial charge in [-0.1, -0.05) is 39.8 Å². The number of hydrogen-bond acceptors (Lipinski definition) is 17. The van der Waals surface area contributed by atoms with Crippen LogP contribution in [0, 0.1) is 35.5 Å². The number of hydrazone groups is 1. The molecule has 0 radical (unpaired) electrons. The molecule has 8 rings (SSSR count). The summed E-state index contributed by atoms with van der Waals surface area (Å²) in [6, 6.07) is 7.20. The van der Waals surface area contributed by atoms with Crippen LogP contribution in [0.1, 0.15) is 119 Å². The first-order valence-corrected chi connectivity index (χ1v) is 28.3. The van der Waals surface area contributed by atoms with Gasteiger partial charge in [-0.2, -0.15) is 5.10 Å². The molecule has 3 unspecified atom stereocenters. The van der Waals surface area contributed by atoms with Crippen molar-refractivity contribution < 1.29 is 52.9 Å². The third-order valence-corrected chi connectivity index (χ3v) is 19.5. The van der Waals surface area contributed by atoms with Crippen LogP contribution in [0.25, 0.3) is 0 Å². The molecule has 1 aromatic carbocycles. The molecule has 7 fully saturated rings. The standard InChI is InChI=1S/C55H91FIN7O10/c1-14-43-53(9,67)49(65)35(7)63(11)28-30(2)23-54(57,68)50(33(5)45(34(6)51(66)73-43)42-25-52(8,70-13)24-32(4)71-42)74-44-22-39(21-31(3)72-44)62(10)20-19-37(61-59)27-60-41(26-56)47(69-12)36-15-17-38(18-16-36)64-29-40-46-48(64)55(40,46)58/h15-18,27,30-35,39-50,65,67-68H,14,19-26,28-29,58-59H2,1-13H3/t30-,31-,32+,33+,34-,35-,39+,40?,41-,42-,43-,44+,45?,46+,47-,48?,49-,50-,52+,53-,54-,55+/m1/s1. The van der Waals surface area contributed by atoms with Crippen molar-refractivity contribution in [2.45, 2.75) is 201 Å². The van der Waals surface area contributed by atoms with Crippen LogP contribution in [-0.4, -0.2) is 185 Å². The van der Waals surface area contributed by atoms with E-state index in [9.17, 15) is 24.5 Å². The van der Waals surface area contributed by atoms with E-state index in [1.54, 1.807) is 20.4 Å². The lowest BCUT2D eigenvalue weighted by molar-refractivity contribution is -0.258. The van der Waals surface area contributed by atoms with Gasteiger partial charge in [-0.05, 0) is 120 Å². The van der Waals surface area contributed by atoms with E-state index in [4.69, 9.17) is 40.0 Å². The first kappa shape index (κ1) is 59.5. The van der Waals surface area contributed by atoms with E-state index in [1.165, 1.54) is 6.92 Å². The highest BCUT2D eigenvalue weighted by Crippen LogP contribution is 2.77. The number of benzene rings is 1. The summed E-state index contributed by atoms with van der Waals surface area (Å²) < 4.78 is 52.0. The van der Waals surface area contributed by atoms with Crippen molar-refractivity contribution in [1.29, 1.82) is 0 Å². The number of fused-ring (bicyclic) bond motifs is 1. The number of carbonyl (C=O) groups excluding carboxylic acids is 1. The van der Waals surface area contributed by atoms with Gasteiger partial charge in [-0.25, -0.2) is 4.39 Å². The highest BCUT2D eigenvalue weighted by molar-refractivity contribution is 14.1. The van der Waals surface area contributed by atoms with Gasteiger partial charge in [0, 0.05) is 107 Å². The van der Waals surface area contributed by atoms with Crippen molar-refractivity contribution in [3.05, 3.63) is 29.8 Å². The molecular formula is C55H91FIN7O10. The zero-order valence-corrected chi connectivity index (χ0v) is 48.6. The van der Waals surface area contributed by atoms with Crippen molar-refractivity contribution in [3.63, 3.8) is 0 Å². The van der Waals surface area contributed by atoms with Gasteiger partial charge in [0.25, 0.3) is 0 Å². The van der Waals surface area contributed by atoms with Crippen LogP contribution in [-0.2, 0) is 33.2 Å². The minimum atomic E-state index is -1.77. The van der Waals surface area contributed by atoms with Gasteiger partial charge in [0.15, 0.2) is 6.29 Å². The molecule has 19 heteroatoms. The average molecular weight is 1160 g/mol. The second kappa shape index (κ2) is 23.7. The van der Waals surface area contributed by atoms with Gasteiger partial charge in [0.05, 0.1) is 41.6 Å². The highest BCUT2D eigenvalue weighted by Gasteiger charge is 2.91. The number of nitrogens with two attached hydrogens (primary N) is 2. The largest absolute Gasteiger partial charge is 0.459 e. The summed E-state index contributed by atoms with van der Waals surface area (Å²) in [6.45, 7) is 18.5. The quantitative estimate of drug-likeness (QED) is 0.0339. The smallest absolute Gasteiger partial charge is 0.309 e. The third kappa shape index (κ3) is 12.3. The molecule has 17 nitrogen and oxygen atoms in total. The van der Waals surface area contributed by atoms with Crippen LogP contribution in [0.15, 0.2) is 34.4 Å². The van der Waals surface area contributed by atoms with Gasteiger partial charge < -0.3 is 70.0 Å². The van der Waals surface area contributed by atoms with Crippen molar-refractivity contribution in [1.82, 2.24) is 9.80 Å². The number of aliphatic imine (C=N–C) groups is 1. The number of rotatable bonds is 16.